The number of aliphatic hydroxyl groups is 1. The van der Waals surface area contributed by atoms with Crippen molar-refractivity contribution in [2.75, 3.05) is 13.3 Å². The summed E-state index contributed by atoms with van der Waals surface area (Å²) in [6, 6.07) is 9.06. The van der Waals surface area contributed by atoms with Gasteiger partial charge in [0.1, 0.15) is 0 Å². The molecule has 0 heterocycles. The molecule has 1 aromatic carbocycles. The topological polar surface area (TPSA) is 20.2 Å². The van der Waals surface area contributed by atoms with Crippen LogP contribution in [0.3, 0.4) is 0 Å². The van der Waals surface area contributed by atoms with E-state index in [9.17, 15) is 9.50 Å². The molecule has 1 aromatic rings. The average molecular weight is 347 g/mol. The van der Waals surface area contributed by atoms with Crippen molar-refractivity contribution >= 4 is 0 Å². The van der Waals surface area contributed by atoms with E-state index in [4.69, 9.17) is 0 Å². The number of hydrogen-bond acceptors (Lipinski definition) is 1. The number of benzene rings is 1. The Balaban J connectivity index is 1.81. The SMILES string of the molecule is C=C(C)CC(CO)Cc1ccc(C2CCC(CCCCF)CC2)cc1. The van der Waals surface area contributed by atoms with Crippen LogP contribution >= 0.6 is 0 Å². The largest absolute Gasteiger partial charge is 0.396 e. The van der Waals surface area contributed by atoms with Crippen molar-refractivity contribution in [2.24, 2.45) is 11.8 Å². The van der Waals surface area contributed by atoms with Crippen molar-refractivity contribution in [3.8, 4) is 0 Å². The summed E-state index contributed by atoms with van der Waals surface area (Å²) < 4.78 is 12.2. The van der Waals surface area contributed by atoms with Gasteiger partial charge in [0, 0.05) is 6.61 Å². The van der Waals surface area contributed by atoms with E-state index in [0.29, 0.717) is 5.92 Å². The zero-order valence-corrected chi connectivity index (χ0v) is 15.9. The molecule has 1 atom stereocenters. The molecule has 140 valence electrons. The second-order valence-electron chi connectivity index (χ2n) is 8.06. The smallest absolute Gasteiger partial charge is 0.0894 e. The molecule has 2 rings (SSSR count). The Labute approximate surface area is 153 Å². The summed E-state index contributed by atoms with van der Waals surface area (Å²) in [6.45, 7) is 6.05. The third-order valence-corrected chi connectivity index (χ3v) is 5.71. The molecule has 0 spiro atoms. The summed E-state index contributed by atoms with van der Waals surface area (Å²) in [4.78, 5) is 0. The maximum atomic E-state index is 12.2. The van der Waals surface area contributed by atoms with E-state index in [2.05, 4.69) is 30.8 Å². The highest BCUT2D eigenvalue weighted by molar-refractivity contribution is 5.26. The van der Waals surface area contributed by atoms with E-state index in [1.165, 1.54) is 43.2 Å². The van der Waals surface area contributed by atoms with Crippen molar-refractivity contribution in [2.45, 2.75) is 70.6 Å². The Hall–Kier alpha value is -1.15. The van der Waals surface area contributed by atoms with E-state index < -0.39 is 0 Å². The molecule has 1 fully saturated rings. The fourth-order valence-corrected chi connectivity index (χ4v) is 4.27. The molecule has 2 heteroatoms. The Bertz CT molecular complexity index is 499. The first-order chi connectivity index (χ1) is 12.1. The van der Waals surface area contributed by atoms with Gasteiger partial charge in [-0.3, -0.25) is 4.39 Å². The Morgan fingerprint density at radius 2 is 1.84 bits per heavy atom. The molecule has 0 amide bonds. The summed E-state index contributed by atoms with van der Waals surface area (Å²) >= 11 is 0. The number of rotatable bonds is 10. The van der Waals surface area contributed by atoms with Gasteiger partial charge in [0.25, 0.3) is 0 Å². The van der Waals surface area contributed by atoms with Crippen molar-refractivity contribution in [1.29, 1.82) is 0 Å². The molecule has 25 heavy (non-hydrogen) atoms. The van der Waals surface area contributed by atoms with Crippen molar-refractivity contribution in [3.63, 3.8) is 0 Å². The molecule has 0 radical (unpaired) electrons. The molecular formula is C23H35FO. The standard InChI is InChI=1S/C23H35FO/c1-18(2)15-21(17-25)16-20-8-12-23(13-9-20)22-10-6-19(7-11-22)5-3-4-14-24/h8-9,12-13,19,21-22,25H,1,3-7,10-11,14-17H2,2H3. The van der Waals surface area contributed by atoms with E-state index in [1.807, 2.05) is 6.92 Å². The number of halogens is 1. The first-order valence-corrected chi connectivity index (χ1v) is 10.0. The number of aliphatic hydroxyl groups excluding tert-OH is 1. The second kappa shape index (κ2) is 10.8. The zero-order chi connectivity index (χ0) is 18.1. The summed E-state index contributed by atoms with van der Waals surface area (Å²) in [6.07, 6.45) is 9.95. The van der Waals surface area contributed by atoms with Crippen LogP contribution in [0.15, 0.2) is 36.4 Å². The Kier molecular flexibility index (Phi) is 8.67. The van der Waals surface area contributed by atoms with Gasteiger partial charge in [0.05, 0.1) is 6.67 Å². The van der Waals surface area contributed by atoms with Crippen LogP contribution in [0.4, 0.5) is 4.39 Å². The third kappa shape index (κ3) is 6.93. The third-order valence-electron chi connectivity index (χ3n) is 5.71. The predicted molar refractivity (Wildman–Crippen MR) is 105 cm³/mol. The van der Waals surface area contributed by atoms with E-state index in [-0.39, 0.29) is 19.2 Å². The average Bonchev–Trinajstić information content (AvgIpc) is 2.62. The summed E-state index contributed by atoms with van der Waals surface area (Å²) in [5, 5.41) is 9.53. The lowest BCUT2D eigenvalue weighted by atomic mass is 9.77. The maximum Gasteiger partial charge on any atom is 0.0894 e. The molecule has 1 unspecified atom stereocenters. The lowest BCUT2D eigenvalue weighted by molar-refractivity contribution is 0.225. The first kappa shape index (κ1) is 20.2. The second-order valence-corrected chi connectivity index (χ2v) is 8.06. The molecule has 0 bridgehead atoms. The fourth-order valence-electron chi connectivity index (χ4n) is 4.27. The normalized spacial score (nSPS) is 21.9. The molecule has 1 saturated carbocycles. The van der Waals surface area contributed by atoms with Crippen molar-refractivity contribution in [3.05, 3.63) is 47.5 Å². The highest BCUT2D eigenvalue weighted by Crippen LogP contribution is 2.37. The molecule has 1 nitrogen and oxygen atoms in total. The number of alkyl halides is 1. The summed E-state index contributed by atoms with van der Waals surface area (Å²) in [5.74, 6) is 1.79. The highest BCUT2D eigenvalue weighted by atomic mass is 19.1. The molecule has 1 aliphatic carbocycles. The van der Waals surface area contributed by atoms with Crippen molar-refractivity contribution < 1.29 is 9.50 Å². The fraction of sp³-hybridized carbons (Fsp3) is 0.652. The minimum Gasteiger partial charge on any atom is -0.396 e. The van der Waals surface area contributed by atoms with Crippen LogP contribution in [0.1, 0.15) is 75.3 Å². The van der Waals surface area contributed by atoms with Crippen LogP contribution in [0.25, 0.3) is 0 Å². The predicted octanol–water partition coefficient (Wildman–Crippen LogP) is 6.22. The number of unbranched alkanes of at least 4 members (excludes halogenated alkanes) is 1. The van der Waals surface area contributed by atoms with Crippen LogP contribution in [-0.2, 0) is 6.42 Å². The lowest BCUT2D eigenvalue weighted by Gasteiger charge is -2.29. The van der Waals surface area contributed by atoms with Gasteiger partial charge in [0.2, 0.25) is 0 Å². The minimum absolute atomic E-state index is 0.162. The molecule has 0 aliphatic heterocycles. The van der Waals surface area contributed by atoms with Gasteiger partial charge in [-0.15, -0.1) is 6.58 Å². The molecule has 1 N–H and O–H groups in total. The van der Waals surface area contributed by atoms with Gasteiger partial charge in [-0.1, -0.05) is 42.7 Å². The van der Waals surface area contributed by atoms with Crippen molar-refractivity contribution in [1.82, 2.24) is 0 Å². The van der Waals surface area contributed by atoms with Gasteiger partial charge >= 0.3 is 0 Å². The maximum absolute atomic E-state index is 12.2. The van der Waals surface area contributed by atoms with Gasteiger partial charge < -0.3 is 5.11 Å². The van der Waals surface area contributed by atoms with E-state index in [1.54, 1.807) is 0 Å². The Morgan fingerprint density at radius 1 is 1.16 bits per heavy atom. The quantitative estimate of drug-likeness (QED) is 0.394. The van der Waals surface area contributed by atoms with Crippen LogP contribution < -0.4 is 0 Å². The van der Waals surface area contributed by atoms with Crippen LogP contribution in [0, 0.1) is 11.8 Å². The van der Waals surface area contributed by atoms with E-state index in [0.717, 1.165) is 37.2 Å². The monoisotopic (exact) mass is 346 g/mol. The lowest BCUT2D eigenvalue weighted by Crippen LogP contribution is -2.14. The highest BCUT2D eigenvalue weighted by Gasteiger charge is 2.22. The number of hydrogen-bond donors (Lipinski definition) is 1. The van der Waals surface area contributed by atoms with Gasteiger partial charge in [-0.05, 0) is 80.8 Å². The van der Waals surface area contributed by atoms with Gasteiger partial charge in [0.15, 0.2) is 0 Å². The molecule has 0 aromatic heterocycles. The van der Waals surface area contributed by atoms with Gasteiger partial charge in [-0.25, -0.2) is 0 Å². The van der Waals surface area contributed by atoms with Crippen LogP contribution in [0.2, 0.25) is 0 Å². The molecule has 1 aliphatic rings. The Morgan fingerprint density at radius 3 is 2.40 bits per heavy atom. The minimum atomic E-state index is -0.162. The summed E-state index contributed by atoms with van der Waals surface area (Å²) in [7, 11) is 0. The summed E-state index contributed by atoms with van der Waals surface area (Å²) in [5.41, 5.74) is 3.91. The van der Waals surface area contributed by atoms with Crippen LogP contribution in [-0.4, -0.2) is 18.4 Å². The zero-order valence-electron chi connectivity index (χ0n) is 15.9. The number of allylic oxidation sites excluding steroid dienone is 1. The molecular weight excluding hydrogens is 311 g/mol. The first-order valence-electron chi connectivity index (χ1n) is 10.0. The van der Waals surface area contributed by atoms with Crippen LogP contribution in [0.5, 0.6) is 0 Å². The van der Waals surface area contributed by atoms with E-state index >= 15 is 0 Å². The molecule has 0 saturated heterocycles. The van der Waals surface area contributed by atoms with Gasteiger partial charge in [-0.2, -0.15) is 0 Å².